The Bertz CT molecular complexity index is 1430. The molecule has 3 aromatic rings. The summed E-state index contributed by atoms with van der Waals surface area (Å²) in [6.45, 7) is 7.54. The molecule has 0 saturated carbocycles. The first-order valence-corrected chi connectivity index (χ1v) is 13.1. The summed E-state index contributed by atoms with van der Waals surface area (Å²) < 4.78 is 41.4. The van der Waals surface area contributed by atoms with Crippen LogP contribution in [0.5, 0.6) is 0 Å². The predicted octanol–water partition coefficient (Wildman–Crippen LogP) is 5.32. The molecule has 3 rings (SSSR count). The Labute approximate surface area is 221 Å². The van der Waals surface area contributed by atoms with Crippen molar-refractivity contribution in [2.24, 2.45) is 4.40 Å². The summed E-state index contributed by atoms with van der Waals surface area (Å²) in [4.78, 5) is 23.6. The summed E-state index contributed by atoms with van der Waals surface area (Å²) in [6.07, 6.45) is 0. The van der Waals surface area contributed by atoms with Gasteiger partial charge < -0.3 is 9.47 Å². The van der Waals surface area contributed by atoms with Gasteiger partial charge >= 0.3 is 5.97 Å². The van der Waals surface area contributed by atoms with E-state index in [0.29, 0.717) is 11.1 Å². The van der Waals surface area contributed by atoms with Crippen LogP contribution in [0, 0.1) is 17.0 Å². The van der Waals surface area contributed by atoms with Crippen LogP contribution in [0.1, 0.15) is 35.4 Å². The number of non-ortho nitro benzene ring substituents is 1. The van der Waals surface area contributed by atoms with Crippen LogP contribution >= 0.6 is 0 Å². The zero-order chi connectivity index (χ0) is 27.9. The van der Waals surface area contributed by atoms with Gasteiger partial charge in [0.2, 0.25) is 5.90 Å². The largest absolute Gasteiger partial charge is 0.483 e. The number of nitro benzene ring substituents is 1. The molecular weight excluding hydrogens is 508 g/mol. The highest BCUT2D eigenvalue weighted by atomic mass is 32.2. The van der Waals surface area contributed by atoms with Crippen molar-refractivity contribution in [3.8, 4) is 0 Å². The summed E-state index contributed by atoms with van der Waals surface area (Å²) >= 11 is 0. The molecule has 0 saturated heterocycles. The molecule has 0 unspecified atom stereocenters. The van der Waals surface area contributed by atoms with Gasteiger partial charge in [0.15, 0.2) is 0 Å². The van der Waals surface area contributed by atoms with E-state index in [-0.39, 0.29) is 28.7 Å². The van der Waals surface area contributed by atoms with Gasteiger partial charge in [-0.3, -0.25) is 10.1 Å². The number of carbonyl (C=O) groups excluding carboxylic acids is 1. The molecule has 10 heteroatoms. The number of benzene rings is 3. The number of esters is 1. The summed E-state index contributed by atoms with van der Waals surface area (Å²) in [5.74, 6) is -2.76. The van der Waals surface area contributed by atoms with Crippen molar-refractivity contribution < 1.29 is 27.6 Å². The number of hydrogen-bond donors (Lipinski definition) is 0. The van der Waals surface area contributed by atoms with E-state index in [1.807, 2.05) is 6.92 Å². The van der Waals surface area contributed by atoms with Gasteiger partial charge in [-0.2, -0.15) is 8.42 Å². The average Bonchev–Trinajstić information content (AvgIpc) is 2.91. The van der Waals surface area contributed by atoms with Crippen LogP contribution in [0.3, 0.4) is 0 Å². The lowest BCUT2D eigenvalue weighted by molar-refractivity contribution is -0.384. The molecule has 0 spiro atoms. The lowest BCUT2D eigenvalue weighted by Crippen LogP contribution is -2.27. The van der Waals surface area contributed by atoms with Gasteiger partial charge in [-0.15, -0.1) is 4.40 Å². The Morgan fingerprint density at radius 3 is 2.08 bits per heavy atom. The number of sulfonamides is 1. The number of hydrogen-bond acceptors (Lipinski definition) is 7. The maximum atomic E-state index is 13.3. The van der Waals surface area contributed by atoms with Gasteiger partial charge in [0.05, 0.1) is 29.5 Å². The zero-order valence-electron chi connectivity index (χ0n) is 21.2. The molecule has 0 aliphatic rings. The van der Waals surface area contributed by atoms with Gasteiger partial charge in [-0.05, 0) is 37.1 Å². The number of aryl methyl sites for hydroxylation is 1. The van der Waals surface area contributed by atoms with Crippen LogP contribution in [0.2, 0.25) is 0 Å². The molecule has 2 atom stereocenters. The average molecular weight is 537 g/mol. The van der Waals surface area contributed by atoms with E-state index in [2.05, 4.69) is 11.0 Å². The maximum Gasteiger partial charge on any atom is 0.334 e. The first-order valence-electron chi connectivity index (χ1n) is 11.7. The van der Waals surface area contributed by atoms with E-state index < -0.39 is 32.8 Å². The Balaban J connectivity index is 2.26. The van der Waals surface area contributed by atoms with Crippen molar-refractivity contribution in [3.63, 3.8) is 0 Å². The van der Waals surface area contributed by atoms with E-state index in [1.165, 1.54) is 43.5 Å². The van der Waals surface area contributed by atoms with Crippen molar-refractivity contribution in [1.82, 2.24) is 0 Å². The standard InChI is InChI=1S/C28H28N2O7S/c1-5-37-28(31)20(3)25(22-13-15-23(16-14-22)30(32)33)26(21-9-7-6-8-10-21)27(36-4)29-38(34,35)24-17-11-19(2)12-18-24/h6-18,25-26H,3,5H2,1-2,4H3/b29-27-/t25-,26-/m0/s1. The highest BCUT2D eigenvalue weighted by Crippen LogP contribution is 2.41. The second kappa shape index (κ2) is 12.3. The fraction of sp³-hybridized carbons (Fsp3) is 0.214. The number of nitrogens with zero attached hydrogens (tertiary/aromatic N) is 2. The third-order valence-corrected chi connectivity index (χ3v) is 7.16. The van der Waals surface area contributed by atoms with Crippen LogP contribution < -0.4 is 0 Å². The fourth-order valence-electron chi connectivity index (χ4n) is 3.99. The Hall–Kier alpha value is -4.31. The van der Waals surface area contributed by atoms with E-state index >= 15 is 0 Å². The molecule has 3 aromatic carbocycles. The van der Waals surface area contributed by atoms with E-state index in [1.54, 1.807) is 49.4 Å². The second-order valence-electron chi connectivity index (χ2n) is 8.38. The normalized spacial score (nSPS) is 13.3. The minimum atomic E-state index is -4.20. The quantitative estimate of drug-likeness (QED) is 0.0857. The van der Waals surface area contributed by atoms with Gasteiger partial charge in [0.1, 0.15) is 0 Å². The summed E-state index contributed by atoms with van der Waals surface area (Å²) in [5.41, 5.74) is 1.78. The maximum absolute atomic E-state index is 13.3. The number of ether oxygens (including phenoxy) is 2. The van der Waals surface area contributed by atoms with Crippen LogP contribution in [-0.2, 0) is 24.3 Å². The third kappa shape index (κ3) is 6.51. The predicted molar refractivity (Wildman–Crippen MR) is 144 cm³/mol. The molecule has 0 amide bonds. The van der Waals surface area contributed by atoms with Crippen molar-refractivity contribution in [3.05, 3.63) is 118 Å². The molecule has 0 bridgehead atoms. The number of nitro groups is 1. The summed E-state index contributed by atoms with van der Waals surface area (Å²) in [7, 11) is -2.91. The van der Waals surface area contributed by atoms with Crippen molar-refractivity contribution in [2.45, 2.75) is 30.6 Å². The molecule has 38 heavy (non-hydrogen) atoms. The molecule has 0 fully saturated rings. The molecule has 0 aromatic heterocycles. The van der Waals surface area contributed by atoms with Gasteiger partial charge in [-0.1, -0.05) is 66.7 Å². The van der Waals surface area contributed by atoms with Crippen LogP contribution in [0.15, 0.2) is 100 Å². The molecule has 9 nitrogen and oxygen atoms in total. The molecule has 0 aliphatic heterocycles. The molecule has 0 heterocycles. The highest BCUT2D eigenvalue weighted by molar-refractivity contribution is 7.90. The topological polar surface area (TPSA) is 125 Å². The molecule has 198 valence electrons. The lowest BCUT2D eigenvalue weighted by Gasteiger charge is -2.29. The summed E-state index contributed by atoms with van der Waals surface area (Å²) in [6, 6.07) is 20.6. The molecule has 0 aliphatic carbocycles. The Morgan fingerprint density at radius 1 is 0.974 bits per heavy atom. The highest BCUT2D eigenvalue weighted by Gasteiger charge is 2.37. The number of methoxy groups -OCH3 is 1. The van der Waals surface area contributed by atoms with E-state index in [0.717, 1.165) is 5.56 Å². The van der Waals surface area contributed by atoms with Crippen LogP contribution in [0.25, 0.3) is 0 Å². The smallest absolute Gasteiger partial charge is 0.334 e. The lowest BCUT2D eigenvalue weighted by atomic mass is 9.77. The van der Waals surface area contributed by atoms with E-state index in [9.17, 15) is 23.3 Å². The molecule has 0 radical (unpaired) electrons. The Morgan fingerprint density at radius 2 is 1.55 bits per heavy atom. The minimum Gasteiger partial charge on any atom is -0.483 e. The third-order valence-electron chi connectivity index (χ3n) is 5.87. The first-order chi connectivity index (χ1) is 18.1. The summed E-state index contributed by atoms with van der Waals surface area (Å²) in [5, 5.41) is 11.2. The van der Waals surface area contributed by atoms with Crippen molar-refractivity contribution in [1.29, 1.82) is 0 Å². The Kier molecular flexibility index (Phi) is 9.14. The molecular formula is C28H28N2O7S. The molecule has 0 N–H and O–H groups in total. The fourth-order valence-corrected chi connectivity index (χ4v) is 5.00. The van der Waals surface area contributed by atoms with Crippen molar-refractivity contribution >= 4 is 27.6 Å². The minimum absolute atomic E-state index is 0.00652. The van der Waals surface area contributed by atoms with Gasteiger partial charge in [0, 0.05) is 23.6 Å². The van der Waals surface area contributed by atoms with Crippen LogP contribution in [0.4, 0.5) is 5.69 Å². The second-order valence-corrected chi connectivity index (χ2v) is 9.99. The number of carbonyl (C=O) groups is 1. The number of rotatable bonds is 10. The van der Waals surface area contributed by atoms with Crippen LogP contribution in [-0.4, -0.2) is 38.9 Å². The monoisotopic (exact) mass is 536 g/mol. The van der Waals surface area contributed by atoms with E-state index in [4.69, 9.17) is 9.47 Å². The van der Waals surface area contributed by atoms with Crippen molar-refractivity contribution in [2.75, 3.05) is 13.7 Å². The SMILES string of the molecule is C=C(C(=O)OCC)[C@@H](c1ccc([N+](=O)[O-])cc1)[C@@H](/C(=N/S(=O)(=O)c1ccc(C)cc1)OC)c1ccccc1. The van der Waals surface area contributed by atoms with Gasteiger partial charge in [0.25, 0.3) is 15.7 Å². The first kappa shape index (κ1) is 28.3. The van der Waals surface area contributed by atoms with Gasteiger partial charge in [-0.25, -0.2) is 4.79 Å². The zero-order valence-corrected chi connectivity index (χ0v) is 22.1.